The summed E-state index contributed by atoms with van der Waals surface area (Å²) in [4.78, 5) is 0.213. The number of benzene rings is 2. The zero-order valence-electron chi connectivity index (χ0n) is 13.6. The minimum Gasteiger partial charge on any atom is -0.207 e. The second-order valence-electron chi connectivity index (χ2n) is 6.22. The van der Waals surface area contributed by atoms with Crippen LogP contribution in [0, 0.1) is 5.82 Å². The lowest BCUT2D eigenvalue weighted by Gasteiger charge is -2.23. The maximum atomic E-state index is 13.1. The van der Waals surface area contributed by atoms with Gasteiger partial charge < -0.3 is 0 Å². The van der Waals surface area contributed by atoms with Crippen LogP contribution in [-0.4, -0.2) is 8.42 Å². The van der Waals surface area contributed by atoms with Crippen molar-refractivity contribution in [2.75, 3.05) is 0 Å². The molecule has 0 radical (unpaired) electrons. The second-order valence-corrected chi connectivity index (χ2v) is 7.98. The van der Waals surface area contributed by atoms with Crippen molar-refractivity contribution < 1.29 is 12.8 Å². The highest BCUT2D eigenvalue weighted by molar-refractivity contribution is 7.89. The first kappa shape index (κ1) is 17.6. The molecule has 2 rings (SSSR count). The molecule has 2 aromatic rings. The number of sulfonamides is 1. The topological polar surface area (TPSA) is 46.2 Å². The first-order valence-corrected chi connectivity index (χ1v) is 9.07. The van der Waals surface area contributed by atoms with Crippen LogP contribution in [-0.2, 0) is 22.0 Å². The first-order valence-electron chi connectivity index (χ1n) is 7.59. The molecule has 0 saturated carbocycles. The van der Waals surface area contributed by atoms with Gasteiger partial charge in [-0.3, -0.25) is 0 Å². The highest BCUT2D eigenvalue weighted by Crippen LogP contribution is 2.27. The standard InChI is InChI=1S/C18H22FNO2S/c1-4-18(2,3)15-8-10-17(11-9-15)23(21,22)20-13-14-6-5-7-16(19)12-14/h5-12,20H,4,13H2,1-3H3. The van der Waals surface area contributed by atoms with Crippen LogP contribution in [0.1, 0.15) is 38.3 Å². The van der Waals surface area contributed by atoms with E-state index in [0.717, 1.165) is 12.0 Å². The highest BCUT2D eigenvalue weighted by Gasteiger charge is 2.19. The van der Waals surface area contributed by atoms with E-state index in [9.17, 15) is 12.8 Å². The van der Waals surface area contributed by atoms with Crippen molar-refractivity contribution in [2.24, 2.45) is 0 Å². The Morgan fingerprint density at radius 1 is 1.09 bits per heavy atom. The molecule has 0 heterocycles. The molecule has 0 atom stereocenters. The van der Waals surface area contributed by atoms with Crippen molar-refractivity contribution in [2.45, 2.75) is 44.0 Å². The van der Waals surface area contributed by atoms with Crippen LogP contribution in [0.25, 0.3) is 0 Å². The van der Waals surface area contributed by atoms with Crippen LogP contribution in [0.3, 0.4) is 0 Å². The second kappa shape index (κ2) is 6.81. The minimum absolute atomic E-state index is 0.0112. The third-order valence-corrected chi connectivity index (χ3v) is 5.60. The van der Waals surface area contributed by atoms with Gasteiger partial charge in [-0.2, -0.15) is 0 Å². The monoisotopic (exact) mass is 335 g/mol. The molecule has 2 aromatic carbocycles. The maximum absolute atomic E-state index is 13.1. The number of hydrogen-bond donors (Lipinski definition) is 1. The molecule has 23 heavy (non-hydrogen) atoms. The Morgan fingerprint density at radius 2 is 1.74 bits per heavy atom. The van der Waals surface area contributed by atoms with E-state index in [4.69, 9.17) is 0 Å². The quantitative estimate of drug-likeness (QED) is 0.867. The summed E-state index contributed by atoms with van der Waals surface area (Å²) in [7, 11) is -3.61. The number of rotatable bonds is 6. The summed E-state index contributed by atoms with van der Waals surface area (Å²) in [5.41, 5.74) is 1.69. The van der Waals surface area contributed by atoms with Crippen LogP contribution >= 0.6 is 0 Å². The van der Waals surface area contributed by atoms with Gasteiger partial charge in [0.05, 0.1) is 4.90 Å². The van der Waals surface area contributed by atoms with E-state index in [-0.39, 0.29) is 22.7 Å². The summed E-state index contributed by atoms with van der Waals surface area (Å²) in [6.07, 6.45) is 0.969. The summed E-state index contributed by atoms with van der Waals surface area (Å²) in [5.74, 6) is -0.382. The largest absolute Gasteiger partial charge is 0.240 e. The minimum atomic E-state index is -3.61. The molecule has 0 aliphatic carbocycles. The molecule has 124 valence electrons. The molecule has 0 saturated heterocycles. The molecule has 0 aliphatic rings. The van der Waals surface area contributed by atoms with E-state index in [1.54, 1.807) is 24.3 Å². The Kier molecular flexibility index (Phi) is 5.22. The van der Waals surface area contributed by atoms with Gasteiger partial charge in [0.2, 0.25) is 10.0 Å². The van der Waals surface area contributed by atoms with Gasteiger partial charge in [0.25, 0.3) is 0 Å². The Bertz CT molecular complexity index is 768. The summed E-state index contributed by atoms with van der Waals surface area (Å²) in [6, 6.07) is 12.8. The van der Waals surface area contributed by atoms with Crippen molar-refractivity contribution in [3.8, 4) is 0 Å². The SMILES string of the molecule is CCC(C)(C)c1ccc(S(=O)(=O)NCc2cccc(F)c2)cc1. The molecule has 5 heteroatoms. The van der Waals surface area contributed by atoms with E-state index < -0.39 is 10.0 Å². The molecule has 0 unspecified atom stereocenters. The van der Waals surface area contributed by atoms with Crippen molar-refractivity contribution >= 4 is 10.0 Å². The highest BCUT2D eigenvalue weighted by atomic mass is 32.2. The average Bonchev–Trinajstić information content (AvgIpc) is 2.53. The fourth-order valence-electron chi connectivity index (χ4n) is 2.20. The molecular weight excluding hydrogens is 313 g/mol. The summed E-state index contributed by atoms with van der Waals surface area (Å²) in [6.45, 7) is 6.41. The normalized spacial score (nSPS) is 12.3. The van der Waals surface area contributed by atoms with Gasteiger partial charge in [-0.05, 0) is 47.2 Å². The van der Waals surface area contributed by atoms with Crippen LogP contribution in [0.15, 0.2) is 53.4 Å². The van der Waals surface area contributed by atoms with E-state index in [1.807, 2.05) is 12.1 Å². The van der Waals surface area contributed by atoms with Crippen molar-refractivity contribution in [3.63, 3.8) is 0 Å². The zero-order valence-corrected chi connectivity index (χ0v) is 14.5. The zero-order chi connectivity index (χ0) is 17.1. The maximum Gasteiger partial charge on any atom is 0.240 e. The van der Waals surface area contributed by atoms with Gasteiger partial charge in [-0.25, -0.2) is 17.5 Å². The summed E-state index contributed by atoms with van der Waals surface area (Å²) >= 11 is 0. The number of hydrogen-bond acceptors (Lipinski definition) is 2. The predicted molar refractivity (Wildman–Crippen MR) is 90.2 cm³/mol. The van der Waals surface area contributed by atoms with Crippen molar-refractivity contribution in [3.05, 3.63) is 65.5 Å². The molecule has 0 bridgehead atoms. The van der Waals surface area contributed by atoms with Crippen LogP contribution in [0.2, 0.25) is 0 Å². The van der Waals surface area contributed by atoms with Crippen molar-refractivity contribution in [1.82, 2.24) is 4.72 Å². The van der Waals surface area contributed by atoms with Crippen molar-refractivity contribution in [1.29, 1.82) is 0 Å². The summed E-state index contributed by atoms with van der Waals surface area (Å²) < 4.78 is 40.3. The molecule has 0 amide bonds. The van der Waals surface area contributed by atoms with E-state index in [1.165, 1.54) is 12.1 Å². The Morgan fingerprint density at radius 3 is 2.30 bits per heavy atom. The molecule has 0 spiro atoms. The van der Waals surface area contributed by atoms with Gasteiger partial charge in [-0.1, -0.05) is 45.0 Å². The Balaban J connectivity index is 2.13. The third-order valence-electron chi connectivity index (χ3n) is 4.19. The van der Waals surface area contributed by atoms with Gasteiger partial charge in [0, 0.05) is 6.54 Å². The van der Waals surface area contributed by atoms with E-state index in [2.05, 4.69) is 25.5 Å². The molecule has 0 aromatic heterocycles. The molecule has 1 N–H and O–H groups in total. The fraction of sp³-hybridized carbons (Fsp3) is 0.333. The molecule has 3 nitrogen and oxygen atoms in total. The number of halogens is 1. The van der Waals surface area contributed by atoms with Crippen LogP contribution < -0.4 is 4.72 Å². The lowest BCUT2D eigenvalue weighted by Crippen LogP contribution is -2.23. The van der Waals surface area contributed by atoms with E-state index in [0.29, 0.717) is 5.56 Å². The van der Waals surface area contributed by atoms with Gasteiger partial charge in [-0.15, -0.1) is 0 Å². The molecule has 0 fully saturated rings. The Hall–Kier alpha value is -1.72. The lowest BCUT2D eigenvalue weighted by atomic mass is 9.82. The van der Waals surface area contributed by atoms with Gasteiger partial charge >= 0.3 is 0 Å². The lowest BCUT2D eigenvalue weighted by molar-refractivity contribution is 0.505. The molecule has 0 aliphatic heterocycles. The smallest absolute Gasteiger partial charge is 0.207 e. The number of nitrogens with one attached hydrogen (secondary N) is 1. The Labute approximate surface area is 137 Å². The van der Waals surface area contributed by atoms with Gasteiger partial charge in [0.1, 0.15) is 5.82 Å². The third kappa shape index (κ3) is 4.39. The van der Waals surface area contributed by atoms with Crippen LogP contribution in [0.4, 0.5) is 4.39 Å². The van der Waals surface area contributed by atoms with E-state index >= 15 is 0 Å². The first-order chi connectivity index (χ1) is 10.7. The average molecular weight is 335 g/mol. The van der Waals surface area contributed by atoms with Gasteiger partial charge in [0.15, 0.2) is 0 Å². The predicted octanol–water partition coefficient (Wildman–Crippen LogP) is 3.99. The van der Waals surface area contributed by atoms with Crippen LogP contribution in [0.5, 0.6) is 0 Å². The fourth-order valence-corrected chi connectivity index (χ4v) is 3.22. The molecular formula is C18H22FNO2S. The summed E-state index contributed by atoms with van der Waals surface area (Å²) in [5, 5.41) is 0.